The topological polar surface area (TPSA) is 57.7 Å². The molecular formula is C15H24N4O2S. The fourth-order valence-electron chi connectivity index (χ4n) is 2.95. The maximum absolute atomic E-state index is 12.3. The number of rotatable bonds is 4. The molecule has 0 spiro atoms. The molecule has 2 saturated heterocycles. The average molecular weight is 324 g/mol. The van der Waals surface area contributed by atoms with Crippen molar-refractivity contribution >= 4 is 17.4 Å². The predicted molar refractivity (Wildman–Crippen MR) is 86.3 cm³/mol. The summed E-state index contributed by atoms with van der Waals surface area (Å²) in [4.78, 5) is 22.3. The summed E-state index contributed by atoms with van der Waals surface area (Å²) in [6.07, 6.45) is 3.77. The summed E-state index contributed by atoms with van der Waals surface area (Å²) in [5.74, 6) is 0. The molecule has 2 aliphatic rings. The third-order valence-corrected chi connectivity index (χ3v) is 5.49. The van der Waals surface area contributed by atoms with Gasteiger partial charge in [-0.05, 0) is 6.42 Å². The minimum absolute atomic E-state index is 0.0393. The van der Waals surface area contributed by atoms with E-state index < -0.39 is 0 Å². The number of piperazine rings is 1. The quantitative estimate of drug-likeness (QED) is 0.897. The van der Waals surface area contributed by atoms with Crippen molar-refractivity contribution in [3.8, 4) is 0 Å². The van der Waals surface area contributed by atoms with E-state index in [0.29, 0.717) is 12.6 Å². The summed E-state index contributed by atoms with van der Waals surface area (Å²) in [5, 5.41) is 4.12. The molecule has 2 fully saturated rings. The number of fused-ring (bicyclic) bond motifs is 1. The van der Waals surface area contributed by atoms with Gasteiger partial charge in [-0.1, -0.05) is 6.92 Å². The van der Waals surface area contributed by atoms with Crippen molar-refractivity contribution in [3.63, 3.8) is 0 Å². The molecule has 1 aromatic heterocycles. The highest BCUT2D eigenvalue weighted by atomic mass is 32.1. The minimum Gasteiger partial charge on any atom is -0.378 e. The molecule has 0 radical (unpaired) electrons. The number of thiazole rings is 1. The minimum atomic E-state index is 0.0393. The number of amides is 2. The van der Waals surface area contributed by atoms with Crippen molar-refractivity contribution in [2.45, 2.75) is 25.8 Å². The highest BCUT2D eigenvalue weighted by Crippen LogP contribution is 2.15. The van der Waals surface area contributed by atoms with Gasteiger partial charge in [0.2, 0.25) is 0 Å². The summed E-state index contributed by atoms with van der Waals surface area (Å²) in [6, 6.07) is 0.400. The van der Waals surface area contributed by atoms with Gasteiger partial charge in [-0.15, -0.1) is 11.3 Å². The highest BCUT2D eigenvalue weighted by Gasteiger charge is 2.31. The van der Waals surface area contributed by atoms with Gasteiger partial charge < -0.3 is 15.0 Å². The number of hydrogen-bond donors (Lipinski definition) is 1. The van der Waals surface area contributed by atoms with Crippen LogP contribution in [0, 0.1) is 0 Å². The van der Waals surface area contributed by atoms with Gasteiger partial charge >= 0.3 is 6.03 Å². The van der Waals surface area contributed by atoms with Crippen LogP contribution in [0.3, 0.4) is 0 Å². The lowest BCUT2D eigenvalue weighted by Crippen LogP contribution is -2.60. The van der Waals surface area contributed by atoms with Crippen molar-refractivity contribution < 1.29 is 9.53 Å². The largest absolute Gasteiger partial charge is 0.378 e. The molecule has 1 N–H and O–H groups in total. The first-order valence-corrected chi connectivity index (χ1v) is 8.86. The molecule has 6 nitrogen and oxygen atoms in total. The van der Waals surface area contributed by atoms with E-state index in [0.717, 1.165) is 57.2 Å². The van der Waals surface area contributed by atoms with Gasteiger partial charge in [-0.25, -0.2) is 9.78 Å². The Bertz CT molecular complexity index is 507. The van der Waals surface area contributed by atoms with Crippen LogP contribution in [0.25, 0.3) is 0 Å². The third kappa shape index (κ3) is 3.77. The zero-order valence-electron chi connectivity index (χ0n) is 13.1. The van der Waals surface area contributed by atoms with Crippen LogP contribution in [0.5, 0.6) is 0 Å². The summed E-state index contributed by atoms with van der Waals surface area (Å²) in [7, 11) is 0. The first-order chi connectivity index (χ1) is 10.8. The molecule has 3 heterocycles. The van der Waals surface area contributed by atoms with E-state index in [-0.39, 0.29) is 6.03 Å². The fraction of sp³-hybridized carbons (Fsp3) is 0.733. The van der Waals surface area contributed by atoms with E-state index in [9.17, 15) is 4.79 Å². The lowest BCUT2D eigenvalue weighted by Gasteiger charge is -2.43. The second kappa shape index (κ2) is 7.39. The Labute approximate surface area is 135 Å². The first-order valence-electron chi connectivity index (χ1n) is 8.04. The molecule has 0 unspecified atom stereocenters. The standard InChI is InChI=1S/C15H24N4O2S/c1-2-13-9-17-14(22-13)3-4-16-15(20)19-6-5-18-7-8-21-11-12(18)10-19/h9,12H,2-8,10-11H2,1H3,(H,16,20)/t12-/m1/s1. The van der Waals surface area contributed by atoms with Crippen molar-refractivity contribution in [3.05, 3.63) is 16.1 Å². The Kier molecular flexibility index (Phi) is 5.28. The second-order valence-electron chi connectivity index (χ2n) is 5.77. The molecule has 2 aliphatic heterocycles. The molecule has 22 heavy (non-hydrogen) atoms. The van der Waals surface area contributed by atoms with E-state index in [2.05, 4.69) is 22.1 Å². The molecule has 0 bridgehead atoms. The Balaban J connectivity index is 1.42. The molecule has 2 amide bonds. The molecule has 0 saturated carbocycles. The third-order valence-electron chi connectivity index (χ3n) is 4.29. The molecular weight excluding hydrogens is 300 g/mol. The van der Waals surface area contributed by atoms with Crippen LogP contribution >= 0.6 is 11.3 Å². The van der Waals surface area contributed by atoms with Gasteiger partial charge in [0.1, 0.15) is 0 Å². The monoisotopic (exact) mass is 324 g/mol. The number of carbonyl (C=O) groups excluding carboxylic acids is 1. The van der Waals surface area contributed by atoms with Gasteiger partial charge in [0.05, 0.1) is 24.3 Å². The Morgan fingerprint density at radius 1 is 1.50 bits per heavy atom. The van der Waals surface area contributed by atoms with E-state index in [1.165, 1.54) is 4.88 Å². The molecule has 1 atom stereocenters. The normalized spacial score (nSPS) is 22.4. The Morgan fingerprint density at radius 2 is 2.41 bits per heavy atom. The number of aromatic nitrogens is 1. The van der Waals surface area contributed by atoms with Crippen molar-refractivity contribution in [1.82, 2.24) is 20.1 Å². The van der Waals surface area contributed by atoms with Crippen LogP contribution in [0.1, 0.15) is 16.8 Å². The summed E-state index contributed by atoms with van der Waals surface area (Å²) in [5.41, 5.74) is 0. The molecule has 122 valence electrons. The second-order valence-corrected chi connectivity index (χ2v) is 6.97. The van der Waals surface area contributed by atoms with Crippen LogP contribution in [-0.4, -0.2) is 72.8 Å². The Hall–Kier alpha value is -1.18. The summed E-state index contributed by atoms with van der Waals surface area (Å²) in [6.45, 7) is 7.85. The first kappa shape index (κ1) is 15.7. The highest BCUT2D eigenvalue weighted by molar-refractivity contribution is 7.11. The van der Waals surface area contributed by atoms with Gasteiger partial charge in [-0.2, -0.15) is 0 Å². The number of ether oxygens (including phenoxy) is 1. The van der Waals surface area contributed by atoms with Crippen LogP contribution in [-0.2, 0) is 17.6 Å². The molecule has 7 heteroatoms. The number of aryl methyl sites for hydroxylation is 1. The maximum Gasteiger partial charge on any atom is 0.317 e. The van der Waals surface area contributed by atoms with Gasteiger partial charge in [0.15, 0.2) is 0 Å². The summed E-state index contributed by atoms with van der Waals surface area (Å²) >= 11 is 1.74. The molecule has 1 aromatic rings. The zero-order chi connectivity index (χ0) is 15.4. The van der Waals surface area contributed by atoms with E-state index in [4.69, 9.17) is 4.74 Å². The SMILES string of the molecule is CCc1cnc(CCNC(=O)N2CCN3CCOC[C@H]3C2)s1. The summed E-state index contributed by atoms with van der Waals surface area (Å²) < 4.78 is 5.51. The number of morpholine rings is 1. The van der Waals surface area contributed by atoms with Crippen molar-refractivity contribution in [2.75, 3.05) is 45.9 Å². The number of hydrogen-bond acceptors (Lipinski definition) is 5. The maximum atomic E-state index is 12.3. The van der Waals surface area contributed by atoms with Crippen molar-refractivity contribution in [1.29, 1.82) is 0 Å². The molecule has 0 aromatic carbocycles. The predicted octanol–water partition coefficient (Wildman–Crippen LogP) is 0.974. The van der Waals surface area contributed by atoms with E-state index >= 15 is 0 Å². The number of carbonyl (C=O) groups is 1. The molecule has 3 rings (SSSR count). The van der Waals surface area contributed by atoms with Gasteiger partial charge in [0, 0.05) is 50.2 Å². The number of urea groups is 1. The lowest BCUT2D eigenvalue weighted by atomic mass is 10.1. The van der Waals surface area contributed by atoms with Gasteiger partial charge in [-0.3, -0.25) is 4.90 Å². The Morgan fingerprint density at radius 3 is 3.23 bits per heavy atom. The lowest BCUT2D eigenvalue weighted by molar-refractivity contribution is -0.0364. The van der Waals surface area contributed by atoms with Crippen LogP contribution in [0.4, 0.5) is 4.79 Å². The molecule has 0 aliphatic carbocycles. The van der Waals surface area contributed by atoms with E-state index in [1.54, 1.807) is 11.3 Å². The average Bonchev–Trinajstić information content (AvgIpc) is 3.02. The van der Waals surface area contributed by atoms with E-state index in [1.807, 2.05) is 11.1 Å². The number of nitrogens with zero attached hydrogens (tertiary/aromatic N) is 3. The van der Waals surface area contributed by atoms with Crippen LogP contribution in [0.2, 0.25) is 0 Å². The van der Waals surface area contributed by atoms with Gasteiger partial charge in [0.25, 0.3) is 0 Å². The zero-order valence-corrected chi connectivity index (χ0v) is 13.9. The van der Waals surface area contributed by atoms with Crippen molar-refractivity contribution in [2.24, 2.45) is 0 Å². The number of nitrogens with one attached hydrogen (secondary N) is 1. The van der Waals surface area contributed by atoms with Crippen LogP contribution in [0.15, 0.2) is 6.20 Å². The van der Waals surface area contributed by atoms with Crippen LogP contribution < -0.4 is 5.32 Å². The fourth-order valence-corrected chi connectivity index (χ4v) is 3.81. The smallest absolute Gasteiger partial charge is 0.317 e.